The summed E-state index contributed by atoms with van der Waals surface area (Å²) in [5.74, 6) is 5.63. The van der Waals surface area contributed by atoms with Crippen LogP contribution in [0.3, 0.4) is 0 Å². The van der Waals surface area contributed by atoms with Crippen LogP contribution in [0.4, 0.5) is 0 Å². The molecule has 9 atom stereocenters. The van der Waals surface area contributed by atoms with E-state index in [2.05, 4.69) is 11.8 Å². The van der Waals surface area contributed by atoms with Crippen LogP contribution in [0.1, 0.15) is 23.7 Å². The molecule has 10 nitrogen and oxygen atoms in total. The fourth-order valence-electron chi connectivity index (χ4n) is 4.24. The molecule has 4 rings (SSSR count). The van der Waals surface area contributed by atoms with Gasteiger partial charge in [0, 0.05) is 19.1 Å². The van der Waals surface area contributed by atoms with Crippen LogP contribution < -0.4 is 0 Å². The van der Waals surface area contributed by atoms with E-state index in [1.54, 1.807) is 12.1 Å². The first-order valence-electron chi connectivity index (χ1n) is 11.2. The van der Waals surface area contributed by atoms with Gasteiger partial charge in [-0.15, -0.1) is 0 Å². The summed E-state index contributed by atoms with van der Waals surface area (Å²) < 4.78 is 11.2. The van der Waals surface area contributed by atoms with Crippen molar-refractivity contribution in [1.82, 2.24) is 0 Å². The fourth-order valence-corrected chi connectivity index (χ4v) is 4.24. The van der Waals surface area contributed by atoms with E-state index in [-0.39, 0.29) is 13.0 Å². The third-order valence-electron chi connectivity index (χ3n) is 6.20. The first kappa shape index (κ1) is 27.4. The highest BCUT2D eigenvalue weighted by molar-refractivity contribution is 5.84. The number of hydrogen-bond acceptors (Lipinski definition) is 10. The molecular weight excluding hydrogens is 460 g/mol. The third kappa shape index (κ3) is 5.99. The summed E-state index contributed by atoms with van der Waals surface area (Å²) in [6, 6.07) is 10.8. The topological polar surface area (TPSA) is 180 Å². The van der Waals surface area contributed by atoms with Gasteiger partial charge in [-0.3, -0.25) is 0 Å². The van der Waals surface area contributed by atoms with Gasteiger partial charge in [0.25, 0.3) is 0 Å². The number of aliphatic hydroxyl groups excluding tert-OH is 8. The number of rotatable bonds is 3. The second-order valence-corrected chi connectivity index (χ2v) is 8.50. The van der Waals surface area contributed by atoms with Crippen molar-refractivity contribution < 1.29 is 50.3 Å². The van der Waals surface area contributed by atoms with Crippen molar-refractivity contribution in [3.8, 4) is 11.8 Å². The van der Waals surface area contributed by atoms with Crippen LogP contribution in [0.15, 0.2) is 36.4 Å². The Morgan fingerprint density at radius 2 is 1.49 bits per heavy atom. The van der Waals surface area contributed by atoms with Crippen LogP contribution in [-0.2, 0) is 9.47 Å². The molecule has 0 bridgehead atoms. The first-order chi connectivity index (χ1) is 16.8. The van der Waals surface area contributed by atoms with Crippen molar-refractivity contribution in [1.29, 1.82) is 0 Å². The quantitative estimate of drug-likeness (QED) is 0.228. The highest BCUT2D eigenvalue weighted by Gasteiger charge is 2.42. The van der Waals surface area contributed by atoms with Gasteiger partial charge in [-0.25, -0.2) is 0 Å². The number of ether oxygens (including phenoxy) is 2. The first-order valence-corrected chi connectivity index (χ1v) is 11.2. The van der Waals surface area contributed by atoms with Gasteiger partial charge in [0.15, 0.2) is 0 Å². The van der Waals surface area contributed by atoms with Crippen LogP contribution in [0.25, 0.3) is 10.8 Å². The van der Waals surface area contributed by atoms with Gasteiger partial charge >= 0.3 is 0 Å². The van der Waals surface area contributed by atoms with Gasteiger partial charge in [-0.2, -0.15) is 0 Å². The van der Waals surface area contributed by atoms with Gasteiger partial charge in [-0.1, -0.05) is 30.0 Å². The van der Waals surface area contributed by atoms with E-state index in [0.29, 0.717) is 11.1 Å². The molecule has 192 valence electrons. The number of aliphatic hydroxyl groups is 8. The smallest absolute Gasteiger partial charge is 0.147 e. The molecule has 0 spiro atoms. The van der Waals surface area contributed by atoms with Crippen molar-refractivity contribution in [2.75, 3.05) is 20.3 Å². The average molecular weight is 493 g/mol. The van der Waals surface area contributed by atoms with Crippen LogP contribution in [-0.4, -0.2) is 110 Å². The predicted octanol–water partition coefficient (Wildman–Crippen LogP) is -1.81. The molecule has 0 amide bonds. The molecule has 2 aliphatic rings. The Labute approximate surface area is 202 Å². The van der Waals surface area contributed by atoms with Crippen molar-refractivity contribution in [3.63, 3.8) is 0 Å². The van der Waals surface area contributed by atoms with Crippen LogP contribution in [0.2, 0.25) is 0 Å². The Bertz CT molecular complexity index is 1030. The van der Waals surface area contributed by atoms with Crippen molar-refractivity contribution in [3.05, 3.63) is 47.5 Å². The molecule has 8 N–H and O–H groups in total. The van der Waals surface area contributed by atoms with Crippen LogP contribution >= 0.6 is 0 Å². The number of benzene rings is 2. The maximum atomic E-state index is 10.4. The maximum Gasteiger partial charge on any atom is 0.147 e. The fraction of sp³-hybridized carbons (Fsp3) is 0.520. The van der Waals surface area contributed by atoms with Gasteiger partial charge in [0.05, 0.1) is 25.4 Å². The largest absolute Gasteiger partial charge is 0.400 e. The summed E-state index contributed by atoms with van der Waals surface area (Å²) in [7, 11) is 1.00. The molecule has 7 unspecified atom stereocenters. The van der Waals surface area contributed by atoms with Gasteiger partial charge in [0.1, 0.15) is 42.7 Å². The zero-order valence-electron chi connectivity index (χ0n) is 19.2. The van der Waals surface area contributed by atoms with Crippen molar-refractivity contribution in [2.45, 2.75) is 61.4 Å². The third-order valence-corrected chi connectivity index (χ3v) is 6.20. The minimum Gasteiger partial charge on any atom is -0.400 e. The zero-order chi connectivity index (χ0) is 25.7. The van der Waals surface area contributed by atoms with Gasteiger partial charge in [0.2, 0.25) is 0 Å². The van der Waals surface area contributed by atoms with E-state index >= 15 is 0 Å². The maximum absolute atomic E-state index is 10.4. The highest BCUT2D eigenvalue weighted by Crippen LogP contribution is 2.33. The molecule has 35 heavy (non-hydrogen) atoms. The lowest BCUT2D eigenvalue weighted by Gasteiger charge is -2.37. The van der Waals surface area contributed by atoms with Gasteiger partial charge < -0.3 is 50.3 Å². The van der Waals surface area contributed by atoms with E-state index in [1.165, 1.54) is 0 Å². The van der Waals surface area contributed by atoms with Crippen LogP contribution in [0.5, 0.6) is 0 Å². The normalized spacial score (nSPS) is 34.9. The molecule has 2 aromatic rings. The van der Waals surface area contributed by atoms with E-state index in [0.717, 1.165) is 17.9 Å². The molecule has 0 aliphatic carbocycles. The lowest BCUT2D eigenvalue weighted by molar-refractivity contribution is -0.214. The summed E-state index contributed by atoms with van der Waals surface area (Å²) >= 11 is 0. The zero-order valence-corrected chi connectivity index (χ0v) is 19.2. The molecule has 2 heterocycles. The summed E-state index contributed by atoms with van der Waals surface area (Å²) in [6.45, 7) is -0.763. The summed E-state index contributed by atoms with van der Waals surface area (Å²) in [6.07, 6.45) is -9.66. The molecule has 2 saturated heterocycles. The Kier molecular flexibility index (Phi) is 9.57. The highest BCUT2D eigenvalue weighted by atomic mass is 16.5. The second-order valence-electron chi connectivity index (χ2n) is 8.50. The molecule has 10 heteroatoms. The SMILES string of the molecule is CO.OCC1CC(O)C(O)[C@@H](c2ccc3cc(C#CC4OC(CO)[C@@H](O)C(O)C4O)ccc3c2)O1. The summed E-state index contributed by atoms with van der Waals surface area (Å²) in [5.41, 5.74) is 1.30. The second kappa shape index (κ2) is 12.2. The molecule has 2 aromatic carbocycles. The van der Waals surface area contributed by atoms with Crippen molar-refractivity contribution in [2.24, 2.45) is 0 Å². The van der Waals surface area contributed by atoms with E-state index in [1.807, 2.05) is 24.3 Å². The molecule has 0 saturated carbocycles. The molecular formula is C25H32O10. The Morgan fingerprint density at radius 1 is 0.800 bits per heavy atom. The lowest BCUT2D eigenvalue weighted by atomic mass is 9.92. The molecule has 2 aliphatic heterocycles. The average Bonchev–Trinajstić information content (AvgIpc) is 2.89. The molecule has 0 radical (unpaired) electrons. The summed E-state index contributed by atoms with van der Waals surface area (Å²) in [5, 5.41) is 77.7. The minimum atomic E-state index is -1.48. The minimum absolute atomic E-state index is 0.165. The van der Waals surface area contributed by atoms with E-state index in [4.69, 9.17) is 14.6 Å². The number of hydrogen-bond donors (Lipinski definition) is 8. The standard InChI is InChI=1S/C24H28O9.CH4O/c25-10-16-9-17(27)20(28)24(32-16)15-5-4-13-7-12(1-3-14(13)8-15)2-6-18-21(29)23(31)22(30)19(11-26)33-18;1-2/h1,3-5,7-8,16-31H,9-11H2;2H,1H3/t16?,17?,18?,19?,20?,21?,22-,23?,24-;/m1./s1. The Balaban J connectivity index is 0.00000167. The van der Waals surface area contributed by atoms with E-state index < -0.39 is 61.5 Å². The molecule has 0 aromatic heterocycles. The monoisotopic (exact) mass is 492 g/mol. The summed E-state index contributed by atoms with van der Waals surface area (Å²) in [4.78, 5) is 0. The van der Waals surface area contributed by atoms with Crippen LogP contribution in [0, 0.1) is 11.8 Å². The van der Waals surface area contributed by atoms with E-state index in [9.17, 15) is 35.7 Å². The number of fused-ring (bicyclic) bond motifs is 1. The lowest BCUT2D eigenvalue weighted by Crippen LogP contribution is -2.58. The Morgan fingerprint density at radius 3 is 2.17 bits per heavy atom. The van der Waals surface area contributed by atoms with Crippen molar-refractivity contribution >= 4 is 10.8 Å². The molecule has 2 fully saturated rings. The Hall–Kier alpha value is -2.14. The van der Waals surface area contributed by atoms with Gasteiger partial charge in [-0.05, 0) is 34.5 Å². The predicted molar refractivity (Wildman–Crippen MR) is 124 cm³/mol.